The average Bonchev–Trinajstić information content (AvgIpc) is 2.36. The molecule has 0 aromatic heterocycles. The Hall–Kier alpha value is -0.980. The van der Waals surface area contributed by atoms with Crippen molar-refractivity contribution in [3.63, 3.8) is 0 Å². The van der Waals surface area contributed by atoms with E-state index in [0.717, 1.165) is 12.5 Å². The zero-order chi connectivity index (χ0) is 15.5. The van der Waals surface area contributed by atoms with E-state index >= 15 is 0 Å². The summed E-state index contributed by atoms with van der Waals surface area (Å²) in [6.45, 7) is 2.45. The fraction of sp³-hybridized carbons (Fsp3) is 0.417. The van der Waals surface area contributed by atoms with Gasteiger partial charge in [-0.2, -0.15) is 0 Å². The number of methoxy groups -OCH3 is 1. The van der Waals surface area contributed by atoms with Crippen LogP contribution in [0.15, 0.2) is 17.0 Å². The van der Waals surface area contributed by atoms with Gasteiger partial charge in [0.25, 0.3) is 15.0 Å². The summed E-state index contributed by atoms with van der Waals surface area (Å²) in [4.78, 5) is 13.4. The zero-order valence-electron chi connectivity index (χ0n) is 11.3. The van der Waals surface area contributed by atoms with Crippen molar-refractivity contribution in [1.29, 1.82) is 0 Å². The molecule has 1 rings (SSSR count). The molecule has 5 nitrogen and oxygen atoms in total. The Labute approximate surface area is 127 Å². The number of hydrogen-bond acceptors (Lipinski definition) is 4. The van der Waals surface area contributed by atoms with Gasteiger partial charge in [0.15, 0.2) is 5.75 Å². The van der Waals surface area contributed by atoms with Crippen LogP contribution in [-0.4, -0.2) is 39.9 Å². The van der Waals surface area contributed by atoms with E-state index in [9.17, 15) is 13.2 Å². The maximum atomic E-state index is 12.3. The quantitative estimate of drug-likeness (QED) is 0.773. The predicted octanol–water partition coefficient (Wildman–Crippen LogP) is 2.76. The lowest BCUT2D eigenvalue weighted by molar-refractivity contribution is 0.0791. The van der Waals surface area contributed by atoms with Crippen LogP contribution in [0.2, 0.25) is 5.02 Å². The van der Waals surface area contributed by atoms with Gasteiger partial charge in [-0.1, -0.05) is 18.5 Å². The first kappa shape index (κ1) is 17.1. The highest BCUT2D eigenvalue weighted by molar-refractivity contribution is 8.13. The van der Waals surface area contributed by atoms with Gasteiger partial charge in [0.2, 0.25) is 0 Å². The summed E-state index contributed by atoms with van der Waals surface area (Å²) in [5.41, 5.74) is 0.0650. The molecule has 0 saturated heterocycles. The topological polar surface area (TPSA) is 63.7 Å². The van der Waals surface area contributed by atoms with Gasteiger partial charge in [-0.05, 0) is 18.6 Å². The summed E-state index contributed by atoms with van der Waals surface area (Å²) in [6, 6.07) is 2.51. The molecule has 112 valence electrons. The fourth-order valence-electron chi connectivity index (χ4n) is 1.76. The van der Waals surface area contributed by atoms with Crippen molar-refractivity contribution in [1.82, 2.24) is 4.90 Å². The molecular formula is C12H15Cl2NO4S. The second-order valence-corrected chi connectivity index (χ2v) is 7.12. The SMILES string of the molecule is CCCN(C)C(=O)c1cc(Cl)cc(S(=O)(=O)Cl)c1OC. The fourth-order valence-corrected chi connectivity index (χ4v) is 3.07. The number of rotatable bonds is 5. The van der Waals surface area contributed by atoms with E-state index < -0.39 is 9.05 Å². The molecule has 0 aliphatic rings. The van der Waals surface area contributed by atoms with E-state index in [1.807, 2.05) is 6.92 Å². The Kier molecular flexibility index (Phi) is 5.68. The number of carbonyl (C=O) groups is 1. The Balaban J connectivity index is 3.47. The molecular weight excluding hydrogens is 325 g/mol. The second kappa shape index (κ2) is 6.65. The lowest BCUT2D eigenvalue weighted by atomic mass is 10.1. The Morgan fingerprint density at radius 3 is 2.45 bits per heavy atom. The van der Waals surface area contributed by atoms with E-state index in [2.05, 4.69) is 0 Å². The summed E-state index contributed by atoms with van der Waals surface area (Å²) in [7, 11) is 4.15. The molecule has 0 spiro atoms. The highest BCUT2D eigenvalue weighted by Gasteiger charge is 2.25. The number of hydrogen-bond donors (Lipinski definition) is 0. The number of nitrogens with zero attached hydrogens (tertiary/aromatic N) is 1. The Morgan fingerprint density at radius 1 is 1.40 bits per heavy atom. The third kappa shape index (κ3) is 3.77. The molecule has 0 radical (unpaired) electrons. The van der Waals surface area contributed by atoms with Gasteiger partial charge in [-0.15, -0.1) is 0 Å². The van der Waals surface area contributed by atoms with E-state index in [-0.39, 0.29) is 27.1 Å². The van der Waals surface area contributed by atoms with E-state index in [4.69, 9.17) is 27.0 Å². The molecule has 0 bridgehead atoms. The maximum Gasteiger partial charge on any atom is 0.265 e. The summed E-state index contributed by atoms with van der Waals surface area (Å²) >= 11 is 5.86. The van der Waals surface area contributed by atoms with Crippen LogP contribution in [0.5, 0.6) is 5.75 Å². The first-order valence-electron chi connectivity index (χ1n) is 5.80. The lowest BCUT2D eigenvalue weighted by Gasteiger charge is -2.19. The standard InChI is InChI=1S/C12H15Cl2NO4S/c1-4-5-15(2)12(16)9-6-8(13)7-10(11(9)19-3)20(14,17)18/h6-7H,4-5H2,1-3H3. The van der Waals surface area contributed by atoms with E-state index in [0.29, 0.717) is 6.54 Å². The number of benzene rings is 1. The summed E-state index contributed by atoms with van der Waals surface area (Å²) in [6.07, 6.45) is 0.770. The molecule has 0 aliphatic heterocycles. The zero-order valence-corrected chi connectivity index (χ0v) is 13.6. The molecule has 0 fully saturated rings. The van der Waals surface area contributed by atoms with Crippen molar-refractivity contribution in [3.8, 4) is 5.75 Å². The minimum absolute atomic E-state index is 0.0650. The third-order valence-corrected chi connectivity index (χ3v) is 4.17. The van der Waals surface area contributed by atoms with Gasteiger partial charge in [-0.25, -0.2) is 8.42 Å². The average molecular weight is 340 g/mol. The van der Waals surface area contributed by atoms with Crippen molar-refractivity contribution in [3.05, 3.63) is 22.7 Å². The van der Waals surface area contributed by atoms with Crippen LogP contribution in [0.1, 0.15) is 23.7 Å². The van der Waals surface area contributed by atoms with Crippen molar-refractivity contribution < 1.29 is 17.9 Å². The molecule has 0 N–H and O–H groups in total. The van der Waals surface area contributed by atoms with E-state index in [1.165, 1.54) is 18.1 Å². The minimum Gasteiger partial charge on any atom is -0.494 e. The van der Waals surface area contributed by atoms with Gasteiger partial charge < -0.3 is 9.64 Å². The number of carbonyl (C=O) groups excluding carboxylic acids is 1. The van der Waals surface area contributed by atoms with E-state index in [1.54, 1.807) is 7.05 Å². The molecule has 0 atom stereocenters. The molecule has 0 saturated carbocycles. The van der Waals surface area contributed by atoms with Crippen molar-refractivity contribution >= 4 is 37.2 Å². The van der Waals surface area contributed by atoms with Crippen LogP contribution in [-0.2, 0) is 9.05 Å². The van der Waals surface area contributed by atoms with Crippen molar-refractivity contribution in [2.45, 2.75) is 18.2 Å². The van der Waals surface area contributed by atoms with Crippen LogP contribution < -0.4 is 4.74 Å². The Bertz CT molecular complexity index is 616. The summed E-state index contributed by atoms with van der Waals surface area (Å²) in [5, 5.41) is 0.0956. The number of amides is 1. The molecule has 0 heterocycles. The number of ether oxygens (including phenoxy) is 1. The molecule has 1 aromatic carbocycles. The van der Waals surface area contributed by atoms with Crippen molar-refractivity contribution in [2.24, 2.45) is 0 Å². The molecule has 0 unspecified atom stereocenters. The predicted molar refractivity (Wildman–Crippen MR) is 78.3 cm³/mol. The lowest BCUT2D eigenvalue weighted by Crippen LogP contribution is -2.28. The monoisotopic (exact) mass is 339 g/mol. The first-order valence-corrected chi connectivity index (χ1v) is 8.48. The summed E-state index contributed by atoms with van der Waals surface area (Å²) in [5.74, 6) is -0.481. The normalized spacial score (nSPS) is 11.2. The van der Waals surface area contributed by atoms with Gasteiger partial charge in [0.05, 0.1) is 12.7 Å². The van der Waals surface area contributed by atoms with Crippen molar-refractivity contribution in [2.75, 3.05) is 20.7 Å². The molecule has 1 amide bonds. The summed E-state index contributed by atoms with van der Waals surface area (Å²) < 4.78 is 28.1. The molecule has 0 aliphatic carbocycles. The van der Waals surface area contributed by atoms with Crippen LogP contribution >= 0.6 is 22.3 Å². The first-order chi connectivity index (χ1) is 9.22. The third-order valence-electron chi connectivity index (χ3n) is 2.62. The molecule has 20 heavy (non-hydrogen) atoms. The smallest absolute Gasteiger partial charge is 0.265 e. The van der Waals surface area contributed by atoms with Crippen LogP contribution in [0.3, 0.4) is 0 Å². The van der Waals surface area contributed by atoms with Gasteiger partial charge >= 0.3 is 0 Å². The van der Waals surface area contributed by atoms with Crippen LogP contribution in [0, 0.1) is 0 Å². The highest BCUT2D eigenvalue weighted by Crippen LogP contribution is 2.34. The van der Waals surface area contributed by atoms with Crippen LogP contribution in [0.4, 0.5) is 0 Å². The maximum absolute atomic E-state index is 12.3. The van der Waals surface area contributed by atoms with Gasteiger partial charge in [0, 0.05) is 29.3 Å². The second-order valence-electron chi connectivity index (χ2n) is 4.15. The Morgan fingerprint density at radius 2 is 2.00 bits per heavy atom. The molecule has 1 aromatic rings. The van der Waals surface area contributed by atoms with Gasteiger partial charge in [0.1, 0.15) is 4.90 Å². The van der Waals surface area contributed by atoms with Gasteiger partial charge in [-0.3, -0.25) is 4.79 Å². The minimum atomic E-state index is -4.07. The highest BCUT2D eigenvalue weighted by atomic mass is 35.7. The number of halogens is 2. The molecule has 8 heteroatoms. The van der Waals surface area contributed by atoms with Crippen LogP contribution in [0.25, 0.3) is 0 Å². The largest absolute Gasteiger partial charge is 0.494 e.